The van der Waals surface area contributed by atoms with Crippen LogP contribution in [0.2, 0.25) is 0 Å². The van der Waals surface area contributed by atoms with Gasteiger partial charge in [-0.25, -0.2) is 0 Å². The first kappa shape index (κ1) is 13.1. The fraction of sp³-hybridized carbons (Fsp3) is 0.286. The second kappa shape index (κ2) is 5.56. The lowest BCUT2D eigenvalue weighted by Crippen LogP contribution is -2.15. The maximum absolute atomic E-state index is 11.8. The van der Waals surface area contributed by atoms with Gasteiger partial charge in [-0.15, -0.1) is 0 Å². The molecule has 1 aromatic carbocycles. The molecule has 3 N–H and O–H groups in total. The quantitative estimate of drug-likeness (QED) is 0.879. The van der Waals surface area contributed by atoms with E-state index in [1.54, 1.807) is 11.7 Å². The van der Waals surface area contributed by atoms with Crippen LogP contribution >= 0.6 is 0 Å². The van der Waals surface area contributed by atoms with Crippen molar-refractivity contribution in [1.82, 2.24) is 9.78 Å². The lowest BCUT2D eigenvalue weighted by molar-refractivity contribution is -0.116. The number of nitrogens with one attached hydrogen (secondary N) is 1. The second-order valence-corrected chi connectivity index (χ2v) is 4.61. The van der Waals surface area contributed by atoms with E-state index in [0.717, 1.165) is 5.56 Å². The molecule has 1 heterocycles. The third kappa shape index (κ3) is 3.34. The van der Waals surface area contributed by atoms with Crippen molar-refractivity contribution in [2.24, 2.45) is 7.05 Å². The van der Waals surface area contributed by atoms with Crippen LogP contribution in [0, 0.1) is 6.92 Å². The molecule has 1 amide bonds. The van der Waals surface area contributed by atoms with E-state index in [0.29, 0.717) is 24.3 Å². The molecule has 100 valence electrons. The number of anilines is 2. The van der Waals surface area contributed by atoms with Crippen LogP contribution in [0.1, 0.15) is 17.5 Å². The number of hydrogen-bond donors (Lipinski definition) is 2. The predicted molar refractivity (Wildman–Crippen MR) is 75.8 cm³/mol. The number of rotatable bonds is 4. The molecule has 19 heavy (non-hydrogen) atoms. The SMILES string of the molecule is Cc1ccc(CCC(=O)Nc2c(N)cnn2C)cc1. The average Bonchev–Trinajstić information content (AvgIpc) is 2.70. The van der Waals surface area contributed by atoms with Crippen molar-refractivity contribution < 1.29 is 4.79 Å². The van der Waals surface area contributed by atoms with E-state index >= 15 is 0 Å². The molecule has 0 spiro atoms. The van der Waals surface area contributed by atoms with Crippen LogP contribution in [0.25, 0.3) is 0 Å². The molecule has 1 aromatic heterocycles. The molecule has 5 nitrogen and oxygen atoms in total. The van der Waals surface area contributed by atoms with Gasteiger partial charge in [-0.05, 0) is 18.9 Å². The van der Waals surface area contributed by atoms with Gasteiger partial charge in [0.1, 0.15) is 0 Å². The molecule has 0 unspecified atom stereocenters. The van der Waals surface area contributed by atoms with Crippen molar-refractivity contribution in [2.75, 3.05) is 11.1 Å². The molecule has 0 aliphatic carbocycles. The number of benzene rings is 1. The summed E-state index contributed by atoms with van der Waals surface area (Å²) in [5.41, 5.74) is 8.56. The van der Waals surface area contributed by atoms with Gasteiger partial charge in [-0.3, -0.25) is 9.48 Å². The number of carbonyl (C=O) groups is 1. The summed E-state index contributed by atoms with van der Waals surface area (Å²) in [6.45, 7) is 2.04. The molecule has 5 heteroatoms. The minimum absolute atomic E-state index is 0.0594. The van der Waals surface area contributed by atoms with Crippen LogP contribution in [0.4, 0.5) is 11.5 Å². The molecule has 0 radical (unpaired) electrons. The van der Waals surface area contributed by atoms with E-state index in [1.165, 1.54) is 11.8 Å². The van der Waals surface area contributed by atoms with Crippen LogP contribution in [0.15, 0.2) is 30.5 Å². The summed E-state index contributed by atoms with van der Waals surface area (Å²) >= 11 is 0. The third-order valence-electron chi connectivity index (χ3n) is 2.99. The largest absolute Gasteiger partial charge is 0.394 e. The van der Waals surface area contributed by atoms with Crippen molar-refractivity contribution in [3.63, 3.8) is 0 Å². The van der Waals surface area contributed by atoms with Crippen molar-refractivity contribution >= 4 is 17.4 Å². The highest BCUT2D eigenvalue weighted by Crippen LogP contribution is 2.16. The van der Waals surface area contributed by atoms with Gasteiger partial charge >= 0.3 is 0 Å². The Morgan fingerprint density at radius 2 is 2.05 bits per heavy atom. The van der Waals surface area contributed by atoms with Gasteiger partial charge in [0.05, 0.1) is 11.9 Å². The average molecular weight is 258 g/mol. The minimum Gasteiger partial charge on any atom is -0.394 e. The third-order valence-corrected chi connectivity index (χ3v) is 2.99. The Bertz CT molecular complexity index is 552. The van der Waals surface area contributed by atoms with Gasteiger partial charge < -0.3 is 11.1 Å². The molecule has 0 aliphatic heterocycles. The number of hydrogen-bond acceptors (Lipinski definition) is 3. The zero-order valence-electron chi connectivity index (χ0n) is 11.2. The molecule has 2 rings (SSSR count). The molecular weight excluding hydrogens is 240 g/mol. The summed E-state index contributed by atoms with van der Waals surface area (Å²) in [6, 6.07) is 8.18. The Kier molecular flexibility index (Phi) is 3.85. The summed E-state index contributed by atoms with van der Waals surface area (Å²) in [5.74, 6) is 0.491. The highest BCUT2D eigenvalue weighted by molar-refractivity contribution is 5.92. The minimum atomic E-state index is -0.0594. The number of nitrogens with two attached hydrogens (primary N) is 1. The smallest absolute Gasteiger partial charge is 0.225 e. The van der Waals surface area contributed by atoms with E-state index in [2.05, 4.69) is 10.4 Å². The Labute approximate surface area is 112 Å². The Balaban J connectivity index is 1.90. The Morgan fingerprint density at radius 1 is 1.37 bits per heavy atom. The zero-order valence-corrected chi connectivity index (χ0v) is 11.2. The monoisotopic (exact) mass is 258 g/mol. The van der Waals surface area contributed by atoms with Crippen molar-refractivity contribution in [1.29, 1.82) is 0 Å². The number of carbonyl (C=O) groups excluding carboxylic acids is 1. The van der Waals surface area contributed by atoms with Crippen LogP contribution in [-0.2, 0) is 18.3 Å². The summed E-state index contributed by atoms with van der Waals surface area (Å²) in [4.78, 5) is 11.8. The number of nitrogens with zero attached hydrogens (tertiary/aromatic N) is 2. The van der Waals surface area contributed by atoms with E-state index in [4.69, 9.17) is 5.73 Å². The van der Waals surface area contributed by atoms with Crippen molar-refractivity contribution in [2.45, 2.75) is 19.8 Å². The molecule has 0 bridgehead atoms. The summed E-state index contributed by atoms with van der Waals surface area (Å²) in [7, 11) is 1.74. The highest BCUT2D eigenvalue weighted by atomic mass is 16.1. The van der Waals surface area contributed by atoms with Crippen LogP contribution in [-0.4, -0.2) is 15.7 Å². The van der Waals surface area contributed by atoms with Gasteiger partial charge in [-0.1, -0.05) is 29.8 Å². The topological polar surface area (TPSA) is 72.9 Å². The van der Waals surface area contributed by atoms with Crippen molar-refractivity contribution in [3.05, 3.63) is 41.6 Å². The van der Waals surface area contributed by atoms with E-state index in [-0.39, 0.29) is 5.91 Å². The van der Waals surface area contributed by atoms with Gasteiger partial charge in [0.15, 0.2) is 5.82 Å². The van der Waals surface area contributed by atoms with E-state index < -0.39 is 0 Å². The lowest BCUT2D eigenvalue weighted by atomic mass is 10.1. The zero-order chi connectivity index (χ0) is 13.8. The van der Waals surface area contributed by atoms with Crippen LogP contribution < -0.4 is 11.1 Å². The van der Waals surface area contributed by atoms with Crippen molar-refractivity contribution in [3.8, 4) is 0 Å². The Morgan fingerprint density at radius 3 is 2.63 bits per heavy atom. The molecule has 2 aromatic rings. The van der Waals surface area contributed by atoms with Gasteiger partial charge in [-0.2, -0.15) is 5.10 Å². The maximum Gasteiger partial charge on any atom is 0.225 e. The standard InChI is InChI=1S/C14H18N4O/c1-10-3-5-11(6-4-10)7-8-13(19)17-14-12(15)9-16-18(14)2/h3-6,9H,7-8,15H2,1-2H3,(H,17,19). The fourth-order valence-corrected chi connectivity index (χ4v) is 1.81. The summed E-state index contributed by atoms with van der Waals surface area (Å²) < 4.78 is 1.55. The van der Waals surface area contributed by atoms with Gasteiger partial charge in [0.25, 0.3) is 0 Å². The highest BCUT2D eigenvalue weighted by Gasteiger charge is 2.09. The Hall–Kier alpha value is -2.30. The first-order valence-electron chi connectivity index (χ1n) is 6.19. The normalized spacial score (nSPS) is 10.4. The molecule has 0 saturated heterocycles. The predicted octanol–water partition coefficient (Wildman–Crippen LogP) is 1.88. The number of amides is 1. The summed E-state index contributed by atoms with van der Waals surface area (Å²) in [6.07, 6.45) is 2.66. The lowest BCUT2D eigenvalue weighted by Gasteiger charge is -2.06. The van der Waals surface area contributed by atoms with Crippen LogP contribution in [0.3, 0.4) is 0 Å². The molecule has 0 saturated carbocycles. The molecule has 0 aliphatic rings. The van der Waals surface area contributed by atoms with Crippen LogP contribution in [0.5, 0.6) is 0 Å². The first-order chi connectivity index (χ1) is 9.06. The maximum atomic E-state index is 11.8. The molecule has 0 fully saturated rings. The van der Waals surface area contributed by atoms with Gasteiger partial charge in [0, 0.05) is 13.5 Å². The van der Waals surface area contributed by atoms with E-state index in [9.17, 15) is 4.79 Å². The fourth-order valence-electron chi connectivity index (χ4n) is 1.81. The number of aryl methyl sites for hydroxylation is 3. The van der Waals surface area contributed by atoms with Gasteiger partial charge in [0.2, 0.25) is 5.91 Å². The number of aromatic nitrogens is 2. The molecular formula is C14H18N4O. The second-order valence-electron chi connectivity index (χ2n) is 4.61. The first-order valence-corrected chi connectivity index (χ1v) is 6.19. The number of nitrogen functional groups attached to an aromatic ring is 1. The summed E-state index contributed by atoms with van der Waals surface area (Å²) in [5, 5.41) is 6.75. The van der Waals surface area contributed by atoms with E-state index in [1.807, 2.05) is 31.2 Å². The molecule has 0 atom stereocenters.